The number of nitrogens with zero attached hydrogens (tertiary/aromatic N) is 1. The third kappa shape index (κ3) is 3.18. The van der Waals surface area contributed by atoms with Crippen molar-refractivity contribution in [1.82, 2.24) is 10.2 Å². The molecule has 1 aromatic carbocycles. The average Bonchev–Trinajstić information content (AvgIpc) is 2.68. The van der Waals surface area contributed by atoms with E-state index < -0.39 is 5.66 Å². The number of benzene rings is 1. The lowest BCUT2D eigenvalue weighted by molar-refractivity contribution is -0.139. The van der Waals surface area contributed by atoms with Gasteiger partial charge in [0.15, 0.2) is 0 Å². The molecule has 3 aliphatic rings. The van der Waals surface area contributed by atoms with Gasteiger partial charge in [0.1, 0.15) is 5.66 Å². The number of rotatable bonds is 2. The van der Waals surface area contributed by atoms with E-state index in [0.717, 1.165) is 44.2 Å². The molecule has 2 heterocycles. The summed E-state index contributed by atoms with van der Waals surface area (Å²) in [5.41, 5.74) is 1.12. The highest BCUT2D eigenvalue weighted by atomic mass is 16.5. The van der Waals surface area contributed by atoms with Crippen LogP contribution in [0.15, 0.2) is 24.3 Å². The molecule has 26 heavy (non-hydrogen) atoms. The molecule has 1 spiro atoms. The van der Waals surface area contributed by atoms with Crippen molar-refractivity contribution >= 4 is 17.5 Å². The number of methoxy groups -OCH3 is 1. The van der Waals surface area contributed by atoms with Crippen molar-refractivity contribution in [2.24, 2.45) is 5.92 Å². The number of carbonyl (C=O) groups excluding carboxylic acids is 2. The summed E-state index contributed by atoms with van der Waals surface area (Å²) >= 11 is 0. The van der Waals surface area contributed by atoms with Gasteiger partial charge in [-0.25, -0.2) is 0 Å². The lowest BCUT2D eigenvalue weighted by atomic mass is 9.85. The summed E-state index contributed by atoms with van der Waals surface area (Å²) in [7, 11) is 1.73. The summed E-state index contributed by atoms with van der Waals surface area (Å²) in [6.45, 7) is 1.34. The van der Waals surface area contributed by atoms with Crippen LogP contribution in [0.1, 0.15) is 48.9 Å². The van der Waals surface area contributed by atoms with E-state index in [1.165, 1.54) is 0 Å². The highest BCUT2D eigenvalue weighted by Gasteiger charge is 2.42. The quantitative estimate of drug-likeness (QED) is 0.852. The summed E-state index contributed by atoms with van der Waals surface area (Å²) in [5.74, 6) is 0.302. The standard InChI is InChI=1S/C20H27N3O3/c1-26-15-6-4-5-14(13-15)19(25)23-11-9-20(10-12-23)21-17-8-3-2-7-16(17)18(24)22-20/h2-3,7-8,14-15,21H,4-6,9-13H2,1H3,(H,22,24)/t14-,15-/m0/s1. The van der Waals surface area contributed by atoms with Crippen molar-refractivity contribution in [3.8, 4) is 0 Å². The zero-order chi connectivity index (χ0) is 18.1. The third-order valence-electron chi connectivity index (χ3n) is 6.14. The smallest absolute Gasteiger partial charge is 0.255 e. The van der Waals surface area contributed by atoms with Crippen LogP contribution in [0.4, 0.5) is 5.69 Å². The van der Waals surface area contributed by atoms with E-state index in [9.17, 15) is 9.59 Å². The Morgan fingerprint density at radius 1 is 1.19 bits per heavy atom. The van der Waals surface area contributed by atoms with Crippen LogP contribution in [0.3, 0.4) is 0 Å². The van der Waals surface area contributed by atoms with Crippen LogP contribution < -0.4 is 10.6 Å². The van der Waals surface area contributed by atoms with Crippen molar-refractivity contribution in [3.05, 3.63) is 29.8 Å². The van der Waals surface area contributed by atoms with Gasteiger partial charge >= 0.3 is 0 Å². The first-order valence-electron chi connectivity index (χ1n) is 9.61. The van der Waals surface area contributed by atoms with Crippen LogP contribution in [-0.2, 0) is 9.53 Å². The number of hydrogen-bond acceptors (Lipinski definition) is 4. The van der Waals surface area contributed by atoms with E-state index in [1.807, 2.05) is 29.2 Å². The minimum absolute atomic E-state index is 0.0330. The normalized spacial score (nSPS) is 27.4. The number of piperidine rings is 1. The Kier molecular flexibility index (Phi) is 4.61. The highest BCUT2D eigenvalue weighted by molar-refractivity contribution is 6.02. The second-order valence-electron chi connectivity index (χ2n) is 7.75. The number of anilines is 1. The first kappa shape index (κ1) is 17.3. The molecule has 1 aliphatic carbocycles. The Labute approximate surface area is 154 Å². The molecule has 2 atom stereocenters. The number of hydrogen-bond donors (Lipinski definition) is 2. The number of fused-ring (bicyclic) bond motifs is 1. The third-order valence-corrected chi connectivity index (χ3v) is 6.14. The Morgan fingerprint density at radius 2 is 1.96 bits per heavy atom. The van der Waals surface area contributed by atoms with Gasteiger partial charge in [-0.05, 0) is 31.4 Å². The van der Waals surface area contributed by atoms with Gasteiger partial charge in [-0.3, -0.25) is 9.59 Å². The number of para-hydroxylation sites is 1. The van der Waals surface area contributed by atoms with Gasteiger partial charge in [-0.2, -0.15) is 0 Å². The second-order valence-corrected chi connectivity index (χ2v) is 7.75. The predicted octanol–water partition coefficient (Wildman–Crippen LogP) is 2.37. The van der Waals surface area contributed by atoms with Gasteiger partial charge in [-0.1, -0.05) is 18.6 Å². The number of amides is 2. The van der Waals surface area contributed by atoms with Crippen LogP contribution in [0.2, 0.25) is 0 Å². The topological polar surface area (TPSA) is 70.7 Å². The van der Waals surface area contributed by atoms with Crippen molar-refractivity contribution in [3.63, 3.8) is 0 Å². The highest BCUT2D eigenvalue weighted by Crippen LogP contribution is 2.33. The molecule has 0 bridgehead atoms. The molecular formula is C20H27N3O3. The molecule has 2 amide bonds. The molecule has 6 heteroatoms. The molecule has 140 valence electrons. The van der Waals surface area contributed by atoms with Crippen LogP contribution in [0, 0.1) is 5.92 Å². The fourth-order valence-electron chi connectivity index (χ4n) is 4.56. The summed E-state index contributed by atoms with van der Waals surface area (Å²) in [6.07, 6.45) is 5.56. The van der Waals surface area contributed by atoms with Gasteiger partial charge in [0.25, 0.3) is 5.91 Å². The molecule has 2 aliphatic heterocycles. The van der Waals surface area contributed by atoms with Crippen molar-refractivity contribution < 1.29 is 14.3 Å². The maximum Gasteiger partial charge on any atom is 0.255 e. The maximum absolute atomic E-state index is 12.9. The fraction of sp³-hybridized carbons (Fsp3) is 0.600. The molecule has 0 radical (unpaired) electrons. The van der Waals surface area contributed by atoms with E-state index >= 15 is 0 Å². The summed E-state index contributed by atoms with van der Waals surface area (Å²) in [5, 5.41) is 6.64. The molecule has 4 rings (SSSR count). The van der Waals surface area contributed by atoms with Gasteiger partial charge in [-0.15, -0.1) is 0 Å². The Bertz CT molecular complexity index is 697. The Hall–Kier alpha value is -2.08. The lowest BCUT2D eigenvalue weighted by Gasteiger charge is -2.46. The van der Waals surface area contributed by atoms with Gasteiger partial charge in [0, 0.05) is 44.6 Å². The molecule has 0 unspecified atom stereocenters. The molecule has 1 saturated heterocycles. The van der Waals surface area contributed by atoms with Crippen LogP contribution in [-0.4, -0.2) is 48.7 Å². The molecule has 6 nitrogen and oxygen atoms in total. The molecule has 2 fully saturated rings. The monoisotopic (exact) mass is 357 g/mol. The van der Waals surface area contributed by atoms with E-state index in [1.54, 1.807) is 7.11 Å². The summed E-state index contributed by atoms with van der Waals surface area (Å²) < 4.78 is 5.47. The van der Waals surface area contributed by atoms with E-state index in [-0.39, 0.29) is 23.8 Å². The van der Waals surface area contributed by atoms with E-state index in [2.05, 4.69) is 10.6 Å². The number of carbonyl (C=O) groups is 2. The maximum atomic E-state index is 12.9. The predicted molar refractivity (Wildman–Crippen MR) is 98.8 cm³/mol. The summed E-state index contributed by atoms with van der Waals surface area (Å²) in [4.78, 5) is 27.3. The lowest BCUT2D eigenvalue weighted by Crippen LogP contribution is -2.63. The molecule has 0 aromatic heterocycles. The van der Waals surface area contributed by atoms with Crippen LogP contribution in [0.25, 0.3) is 0 Å². The fourth-order valence-corrected chi connectivity index (χ4v) is 4.56. The average molecular weight is 357 g/mol. The first-order chi connectivity index (χ1) is 12.6. The zero-order valence-corrected chi connectivity index (χ0v) is 15.3. The Balaban J connectivity index is 1.40. The molecular weight excluding hydrogens is 330 g/mol. The van der Waals surface area contributed by atoms with Crippen molar-refractivity contribution in [2.75, 3.05) is 25.5 Å². The molecule has 2 N–H and O–H groups in total. The van der Waals surface area contributed by atoms with Crippen molar-refractivity contribution in [1.29, 1.82) is 0 Å². The Morgan fingerprint density at radius 3 is 2.73 bits per heavy atom. The van der Waals surface area contributed by atoms with E-state index in [0.29, 0.717) is 18.7 Å². The number of nitrogens with one attached hydrogen (secondary N) is 2. The minimum Gasteiger partial charge on any atom is -0.381 e. The molecule has 1 aromatic rings. The van der Waals surface area contributed by atoms with Crippen LogP contribution in [0.5, 0.6) is 0 Å². The van der Waals surface area contributed by atoms with Gasteiger partial charge in [0.05, 0.1) is 11.7 Å². The number of ether oxygens (including phenoxy) is 1. The van der Waals surface area contributed by atoms with Gasteiger partial charge in [0.2, 0.25) is 5.91 Å². The van der Waals surface area contributed by atoms with E-state index in [4.69, 9.17) is 4.74 Å². The van der Waals surface area contributed by atoms with Gasteiger partial charge < -0.3 is 20.3 Å². The first-order valence-corrected chi connectivity index (χ1v) is 9.61. The van der Waals surface area contributed by atoms with Crippen LogP contribution >= 0.6 is 0 Å². The largest absolute Gasteiger partial charge is 0.381 e. The molecule has 1 saturated carbocycles. The zero-order valence-electron chi connectivity index (χ0n) is 15.3. The summed E-state index contributed by atoms with van der Waals surface area (Å²) in [6, 6.07) is 7.58. The second kappa shape index (κ2) is 6.91. The SMILES string of the molecule is CO[C@H]1CCC[C@H](C(=O)N2CCC3(CC2)NC(=O)c2ccccc2N3)C1. The number of likely N-dealkylation sites (tertiary alicyclic amines) is 1. The minimum atomic E-state index is -0.441. The van der Waals surface area contributed by atoms with Crippen molar-refractivity contribution in [2.45, 2.75) is 50.3 Å².